The highest BCUT2D eigenvalue weighted by Gasteiger charge is 2.08. The van der Waals surface area contributed by atoms with Crippen LogP contribution in [0.1, 0.15) is 12.5 Å². The van der Waals surface area contributed by atoms with Gasteiger partial charge in [-0.05, 0) is 26.0 Å². The maximum atomic E-state index is 12.1. The zero-order valence-corrected chi connectivity index (χ0v) is 12.7. The summed E-state index contributed by atoms with van der Waals surface area (Å²) in [6.45, 7) is 3.90. The molecule has 7 heteroatoms. The molecule has 0 radical (unpaired) electrons. The standard InChI is InChI=1S/C16H15N3O4/c1-3-22-13-6-12(8-18-15(13)20)23-11-4-5-14-17-7-10(2)16(21)19(14)9-11/h4-9H,3H2,1-2H3,(H,18,20). The molecule has 0 amide bonds. The van der Waals surface area contributed by atoms with E-state index in [9.17, 15) is 9.90 Å². The maximum Gasteiger partial charge on any atom is 0.260 e. The fourth-order valence-corrected chi connectivity index (χ4v) is 2.08. The molecule has 0 saturated heterocycles. The molecule has 3 heterocycles. The average molecular weight is 313 g/mol. The first kappa shape index (κ1) is 14.8. The van der Waals surface area contributed by atoms with Crippen molar-refractivity contribution < 1.29 is 14.6 Å². The van der Waals surface area contributed by atoms with Gasteiger partial charge in [0.25, 0.3) is 11.4 Å². The summed E-state index contributed by atoms with van der Waals surface area (Å²) >= 11 is 0. The van der Waals surface area contributed by atoms with Crippen LogP contribution < -0.4 is 15.0 Å². The zero-order chi connectivity index (χ0) is 16.4. The second kappa shape index (κ2) is 5.96. The molecular formula is C16H15N3O4. The number of rotatable bonds is 4. The van der Waals surface area contributed by atoms with E-state index in [1.54, 1.807) is 32.2 Å². The van der Waals surface area contributed by atoms with Crippen molar-refractivity contribution in [3.05, 3.63) is 52.7 Å². The molecule has 0 spiro atoms. The SMILES string of the molecule is CCOc1cc(Oc2ccc3ncc(C)c(=O)n3c2)cnc1O. The van der Waals surface area contributed by atoms with Gasteiger partial charge in [-0.1, -0.05) is 0 Å². The molecule has 0 aliphatic carbocycles. The lowest BCUT2D eigenvalue weighted by Gasteiger charge is -2.10. The van der Waals surface area contributed by atoms with Crippen molar-refractivity contribution in [3.63, 3.8) is 0 Å². The molecule has 0 aliphatic heterocycles. The Morgan fingerprint density at radius 3 is 2.83 bits per heavy atom. The molecule has 3 aromatic heterocycles. The smallest absolute Gasteiger partial charge is 0.260 e. The highest BCUT2D eigenvalue weighted by molar-refractivity contribution is 5.44. The Bertz CT molecular complexity index is 921. The number of aromatic hydroxyl groups is 1. The van der Waals surface area contributed by atoms with Gasteiger partial charge in [-0.25, -0.2) is 9.97 Å². The second-order valence-corrected chi connectivity index (χ2v) is 4.87. The predicted octanol–water partition coefficient (Wildman–Crippen LogP) is 2.29. The number of fused-ring (bicyclic) bond motifs is 1. The summed E-state index contributed by atoms with van der Waals surface area (Å²) in [5.74, 6) is 0.871. The molecule has 0 saturated carbocycles. The molecule has 0 aromatic carbocycles. The minimum absolute atomic E-state index is 0.153. The van der Waals surface area contributed by atoms with E-state index >= 15 is 0 Å². The second-order valence-electron chi connectivity index (χ2n) is 4.87. The first-order valence-corrected chi connectivity index (χ1v) is 7.06. The monoisotopic (exact) mass is 313 g/mol. The lowest BCUT2D eigenvalue weighted by atomic mass is 10.3. The summed E-state index contributed by atoms with van der Waals surface area (Å²) < 4.78 is 12.4. The van der Waals surface area contributed by atoms with E-state index in [1.165, 1.54) is 22.9 Å². The molecule has 0 fully saturated rings. The number of hydrogen-bond donors (Lipinski definition) is 1. The first-order valence-electron chi connectivity index (χ1n) is 7.06. The van der Waals surface area contributed by atoms with Crippen LogP contribution in [0, 0.1) is 6.92 Å². The summed E-state index contributed by atoms with van der Waals surface area (Å²) in [5.41, 5.74) is 0.927. The van der Waals surface area contributed by atoms with Gasteiger partial charge in [0, 0.05) is 17.8 Å². The highest BCUT2D eigenvalue weighted by atomic mass is 16.5. The number of aryl methyl sites for hydroxylation is 1. The van der Waals surface area contributed by atoms with Crippen LogP contribution in [0.15, 0.2) is 41.6 Å². The van der Waals surface area contributed by atoms with Crippen LogP contribution in [0.3, 0.4) is 0 Å². The van der Waals surface area contributed by atoms with Crippen LogP contribution in [0.25, 0.3) is 5.65 Å². The van der Waals surface area contributed by atoms with Gasteiger partial charge in [-0.3, -0.25) is 9.20 Å². The Morgan fingerprint density at radius 1 is 1.22 bits per heavy atom. The van der Waals surface area contributed by atoms with Gasteiger partial charge < -0.3 is 14.6 Å². The third kappa shape index (κ3) is 2.94. The molecule has 118 valence electrons. The topological polar surface area (TPSA) is 86.0 Å². The predicted molar refractivity (Wildman–Crippen MR) is 83.3 cm³/mol. The van der Waals surface area contributed by atoms with Crippen molar-refractivity contribution in [1.82, 2.24) is 14.4 Å². The molecule has 7 nitrogen and oxygen atoms in total. The van der Waals surface area contributed by atoms with Crippen LogP contribution in [-0.2, 0) is 0 Å². The number of pyridine rings is 2. The number of aromatic nitrogens is 3. The Hall–Kier alpha value is -3.09. The van der Waals surface area contributed by atoms with E-state index in [4.69, 9.17) is 9.47 Å². The Labute approximate surface area is 131 Å². The third-order valence-corrected chi connectivity index (χ3v) is 3.19. The minimum Gasteiger partial charge on any atom is -0.491 e. The lowest BCUT2D eigenvalue weighted by Crippen LogP contribution is -2.16. The van der Waals surface area contributed by atoms with Gasteiger partial charge in [0.2, 0.25) is 0 Å². The average Bonchev–Trinajstić information content (AvgIpc) is 2.55. The molecule has 1 N–H and O–H groups in total. The fraction of sp³-hybridized carbons (Fsp3) is 0.188. The van der Waals surface area contributed by atoms with Crippen LogP contribution in [0.5, 0.6) is 23.1 Å². The summed E-state index contributed by atoms with van der Waals surface area (Å²) in [7, 11) is 0. The van der Waals surface area contributed by atoms with Crippen molar-refractivity contribution >= 4 is 5.65 Å². The van der Waals surface area contributed by atoms with Crippen molar-refractivity contribution in [2.45, 2.75) is 13.8 Å². The molecule has 0 unspecified atom stereocenters. The molecule has 0 atom stereocenters. The molecule has 3 rings (SSSR count). The molecule has 0 bridgehead atoms. The third-order valence-electron chi connectivity index (χ3n) is 3.19. The normalized spacial score (nSPS) is 10.7. The van der Waals surface area contributed by atoms with E-state index < -0.39 is 0 Å². The van der Waals surface area contributed by atoms with Gasteiger partial charge in [-0.2, -0.15) is 0 Å². The molecular weight excluding hydrogens is 298 g/mol. The molecule has 0 aliphatic rings. The van der Waals surface area contributed by atoms with Gasteiger partial charge in [0.1, 0.15) is 17.1 Å². The quantitative estimate of drug-likeness (QED) is 0.795. The molecule has 23 heavy (non-hydrogen) atoms. The van der Waals surface area contributed by atoms with E-state index in [0.29, 0.717) is 29.3 Å². The zero-order valence-electron chi connectivity index (χ0n) is 12.7. The van der Waals surface area contributed by atoms with Gasteiger partial charge >= 0.3 is 0 Å². The van der Waals surface area contributed by atoms with E-state index in [0.717, 1.165) is 0 Å². The summed E-state index contributed by atoms with van der Waals surface area (Å²) in [5, 5.41) is 9.60. The van der Waals surface area contributed by atoms with Crippen molar-refractivity contribution in [3.8, 4) is 23.1 Å². The van der Waals surface area contributed by atoms with Gasteiger partial charge in [0.05, 0.1) is 19.0 Å². The van der Waals surface area contributed by atoms with Crippen molar-refractivity contribution in [2.75, 3.05) is 6.61 Å². The van der Waals surface area contributed by atoms with Crippen molar-refractivity contribution in [1.29, 1.82) is 0 Å². The van der Waals surface area contributed by atoms with Crippen LogP contribution in [-0.4, -0.2) is 26.1 Å². The van der Waals surface area contributed by atoms with Gasteiger partial charge in [-0.15, -0.1) is 0 Å². The molecule has 3 aromatic rings. The first-order chi connectivity index (χ1) is 11.1. The van der Waals surface area contributed by atoms with E-state index in [-0.39, 0.29) is 17.2 Å². The summed E-state index contributed by atoms with van der Waals surface area (Å²) in [6, 6.07) is 4.92. The Morgan fingerprint density at radius 2 is 2.04 bits per heavy atom. The largest absolute Gasteiger partial charge is 0.491 e. The maximum absolute atomic E-state index is 12.1. The van der Waals surface area contributed by atoms with Crippen LogP contribution in [0.2, 0.25) is 0 Å². The number of hydrogen-bond acceptors (Lipinski definition) is 6. The van der Waals surface area contributed by atoms with Gasteiger partial charge in [0.15, 0.2) is 5.75 Å². The Balaban J connectivity index is 1.97. The van der Waals surface area contributed by atoms with Crippen LogP contribution >= 0.6 is 0 Å². The van der Waals surface area contributed by atoms with E-state index in [2.05, 4.69) is 9.97 Å². The van der Waals surface area contributed by atoms with Crippen LogP contribution in [0.4, 0.5) is 0 Å². The lowest BCUT2D eigenvalue weighted by molar-refractivity contribution is 0.309. The number of ether oxygens (including phenoxy) is 2. The fourth-order valence-electron chi connectivity index (χ4n) is 2.08. The summed E-state index contributed by atoms with van der Waals surface area (Å²) in [4.78, 5) is 20.1. The summed E-state index contributed by atoms with van der Waals surface area (Å²) in [6.07, 6.45) is 4.47. The van der Waals surface area contributed by atoms with Crippen molar-refractivity contribution in [2.24, 2.45) is 0 Å². The highest BCUT2D eigenvalue weighted by Crippen LogP contribution is 2.30. The number of nitrogens with zero attached hydrogens (tertiary/aromatic N) is 3. The van der Waals surface area contributed by atoms with E-state index in [1.807, 2.05) is 0 Å². The Kier molecular flexibility index (Phi) is 3.84. The minimum atomic E-state index is -0.200.